The van der Waals surface area contributed by atoms with Gasteiger partial charge in [-0.1, -0.05) is 0 Å². The second kappa shape index (κ2) is 2.99. The van der Waals surface area contributed by atoms with Crippen LogP contribution < -0.4 is 5.73 Å². The molecule has 0 saturated heterocycles. The second-order valence-electron chi connectivity index (χ2n) is 2.66. The van der Waals surface area contributed by atoms with Gasteiger partial charge >= 0.3 is 5.97 Å². The number of aromatic amines is 1. The first kappa shape index (κ1) is 8.49. The Labute approximate surface area is 79.1 Å². The van der Waals surface area contributed by atoms with Crippen molar-refractivity contribution in [1.82, 2.24) is 15.0 Å². The number of hydrogen-bond donors (Lipinski definition) is 2. The summed E-state index contributed by atoms with van der Waals surface area (Å²) in [6.07, 6.45) is 3.02. The van der Waals surface area contributed by atoms with E-state index in [1.165, 1.54) is 19.5 Å². The summed E-state index contributed by atoms with van der Waals surface area (Å²) in [4.78, 5) is 21.9. The Morgan fingerprint density at radius 1 is 1.50 bits per heavy atom. The fourth-order valence-corrected chi connectivity index (χ4v) is 1.19. The molecule has 0 aliphatic heterocycles. The number of carbonyl (C=O) groups excluding carboxylic acids is 1. The molecule has 0 unspecified atom stereocenters. The summed E-state index contributed by atoms with van der Waals surface area (Å²) >= 11 is 0. The van der Waals surface area contributed by atoms with Gasteiger partial charge in [-0.05, 0) is 0 Å². The molecule has 0 atom stereocenters. The lowest BCUT2D eigenvalue weighted by atomic mass is 10.3. The van der Waals surface area contributed by atoms with Gasteiger partial charge in [-0.3, -0.25) is 0 Å². The van der Waals surface area contributed by atoms with Crippen molar-refractivity contribution in [2.24, 2.45) is 0 Å². The predicted octanol–water partition coefficient (Wildman–Crippen LogP) is 0.327. The Bertz CT molecular complexity index is 491. The van der Waals surface area contributed by atoms with Crippen LogP contribution in [0, 0.1) is 0 Å². The maximum absolute atomic E-state index is 11.2. The number of nitrogens with two attached hydrogens (primary N) is 1. The van der Waals surface area contributed by atoms with Gasteiger partial charge in [-0.2, -0.15) is 0 Å². The molecule has 72 valence electrons. The van der Waals surface area contributed by atoms with E-state index in [0.29, 0.717) is 11.2 Å². The van der Waals surface area contributed by atoms with Crippen molar-refractivity contribution in [3.05, 3.63) is 18.1 Å². The average Bonchev–Trinajstić information content (AvgIpc) is 2.56. The largest absolute Gasteiger partial charge is 0.464 e. The highest BCUT2D eigenvalue weighted by atomic mass is 16.5. The van der Waals surface area contributed by atoms with Gasteiger partial charge in [0.25, 0.3) is 0 Å². The number of hydrogen-bond acceptors (Lipinski definition) is 5. The number of nitrogens with one attached hydrogen (secondary N) is 1. The molecule has 3 N–H and O–H groups in total. The Kier molecular flexibility index (Phi) is 1.81. The lowest BCUT2D eigenvalue weighted by Crippen LogP contribution is -2.04. The normalized spacial score (nSPS) is 10.4. The standard InChI is InChI=1S/C8H8N4O2/c1-14-8(13)6-4(9)5-7(12-6)11-3-2-10-5/h2-3H,9H2,1H3,(H,11,12). The van der Waals surface area contributed by atoms with E-state index in [2.05, 4.69) is 19.7 Å². The molecule has 0 bridgehead atoms. The first-order valence-corrected chi connectivity index (χ1v) is 3.90. The lowest BCUT2D eigenvalue weighted by molar-refractivity contribution is 0.0596. The van der Waals surface area contributed by atoms with Gasteiger partial charge in [0.2, 0.25) is 0 Å². The number of nitrogen functional groups attached to an aromatic ring is 1. The summed E-state index contributed by atoms with van der Waals surface area (Å²) < 4.78 is 4.54. The molecule has 0 saturated carbocycles. The van der Waals surface area contributed by atoms with Crippen LogP contribution in [0.25, 0.3) is 11.2 Å². The molecule has 6 heteroatoms. The molecule has 6 nitrogen and oxygen atoms in total. The molecule has 2 rings (SSSR count). The fourth-order valence-electron chi connectivity index (χ4n) is 1.19. The van der Waals surface area contributed by atoms with E-state index < -0.39 is 5.97 Å². The molecule has 0 fully saturated rings. The minimum atomic E-state index is -0.526. The van der Waals surface area contributed by atoms with E-state index in [1.54, 1.807) is 0 Å². The topological polar surface area (TPSA) is 93.9 Å². The molecule has 2 aromatic heterocycles. The Morgan fingerprint density at radius 3 is 2.86 bits per heavy atom. The van der Waals surface area contributed by atoms with Crippen molar-refractivity contribution in [1.29, 1.82) is 0 Å². The van der Waals surface area contributed by atoms with Crippen molar-refractivity contribution in [3.63, 3.8) is 0 Å². The Morgan fingerprint density at radius 2 is 2.21 bits per heavy atom. The van der Waals surface area contributed by atoms with E-state index in [-0.39, 0.29) is 11.4 Å². The lowest BCUT2D eigenvalue weighted by Gasteiger charge is -1.95. The summed E-state index contributed by atoms with van der Waals surface area (Å²) in [5, 5.41) is 0. The zero-order valence-corrected chi connectivity index (χ0v) is 7.44. The molecule has 0 radical (unpaired) electrons. The predicted molar refractivity (Wildman–Crippen MR) is 49.6 cm³/mol. The Balaban J connectivity index is 2.68. The maximum atomic E-state index is 11.2. The molecule has 0 amide bonds. The highest BCUT2D eigenvalue weighted by Gasteiger charge is 2.16. The molecule has 0 aromatic carbocycles. The number of H-pyrrole nitrogens is 1. The average molecular weight is 192 g/mol. The number of carbonyl (C=O) groups is 1. The monoisotopic (exact) mass is 192 g/mol. The third-order valence-corrected chi connectivity index (χ3v) is 1.86. The van der Waals surface area contributed by atoms with Crippen LogP contribution in [-0.2, 0) is 4.74 Å². The van der Waals surface area contributed by atoms with Crippen LogP contribution >= 0.6 is 0 Å². The van der Waals surface area contributed by atoms with Crippen LogP contribution in [0.2, 0.25) is 0 Å². The maximum Gasteiger partial charge on any atom is 0.356 e. The van der Waals surface area contributed by atoms with Crippen molar-refractivity contribution < 1.29 is 9.53 Å². The Hall–Kier alpha value is -2.11. The van der Waals surface area contributed by atoms with Crippen LogP contribution in [0.15, 0.2) is 12.4 Å². The third-order valence-electron chi connectivity index (χ3n) is 1.86. The number of anilines is 1. The fraction of sp³-hybridized carbons (Fsp3) is 0.125. The van der Waals surface area contributed by atoms with Crippen molar-refractivity contribution in [2.45, 2.75) is 0 Å². The highest BCUT2D eigenvalue weighted by Crippen LogP contribution is 2.20. The number of ether oxygens (including phenoxy) is 1. The number of rotatable bonds is 1. The van der Waals surface area contributed by atoms with Crippen LogP contribution in [-0.4, -0.2) is 28.0 Å². The van der Waals surface area contributed by atoms with Gasteiger partial charge in [-0.25, -0.2) is 14.8 Å². The van der Waals surface area contributed by atoms with Gasteiger partial charge in [0.15, 0.2) is 11.3 Å². The quantitative estimate of drug-likeness (QED) is 0.635. The van der Waals surface area contributed by atoms with E-state index in [4.69, 9.17) is 5.73 Å². The molecule has 14 heavy (non-hydrogen) atoms. The van der Waals surface area contributed by atoms with Crippen LogP contribution in [0.5, 0.6) is 0 Å². The summed E-state index contributed by atoms with van der Waals surface area (Å²) in [5.74, 6) is -0.526. The van der Waals surface area contributed by atoms with Gasteiger partial charge in [0.1, 0.15) is 5.52 Å². The van der Waals surface area contributed by atoms with Gasteiger partial charge < -0.3 is 15.5 Å². The second-order valence-corrected chi connectivity index (χ2v) is 2.66. The minimum Gasteiger partial charge on any atom is -0.464 e. The first-order chi connectivity index (χ1) is 6.74. The van der Waals surface area contributed by atoms with Gasteiger partial charge in [-0.15, -0.1) is 0 Å². The summed E-state index contributed by atoms with van der Waals surface area (Å²) in [6, 6.07) is 0. The smallest absolute Gasteiger partial charge is 0.356 e. The molecule has 0 aliphatic rings. The summed E-state index contributed by atoms with van der Waals surface area (Å²) in [7, 11) is 1.29. The highest BCUT2D eigenvalue weighted by molar-refractivity contribution is 6.02. The van der Waals surface area contributed by atoms with E-state index >= 15 is 0 Å². The SMILES string of the molecule is COC(=O)c1[nH]c2nccnc2c1N. The zero-order valence-electron chi connectivity index (χ0n) is 7.44. The molecule has 2 aromatic rings. The number of nitrogens with zero attached hydrogens (tertiary/aromatic N) is 2. The molecule has 0 aliphatic carbocycles. The van der Waals surface area contributed by atoms with Crippen molar-refractivity contribution >= 4 is 22.8 Å². The van der Waals surface area contributed by atoms with Crippen molar-refractivity contribution in [3.8, 4) is 0 Å². The molecule has 2 heterocycles. The van der Waals surface area contributed by atoms with E-state index in [9.17, 15) is 4.79 Å². The summed E-state index contributed by atoms with van der Waals surface area (Å²) in [5.41, 5.74) is 7.09. The number of methoxy groups -OCH3 is 1. The third kappa shape index (κ3) is 1.08. The van der Waals surface area contributed by atoms with E-state index in [0.717, 1.165) is 0 Å². The first-order valence-electron chi connectivity index (χ1n) is 3.90. The van der Waals surface area contributed by atoms with E-state index in [1.807, 2.05) is 0 Å². The zero-order chi connectivity index (χ0) is 10.1. The molecule has 0 spiro atoms. The van der Waals surface area contributed by atoms with Crippen LogP contribution in [0.3, 0.4) is 0 Å². The minimum absolute atomic E-state index is 0.189. The van der Waals surface area contributed by atoms with Gasteiger partial charge in [0, 0.05) is 12.4 Å². The molecular weight excluding hydrogens is 184 g/mol. The number of aromatic nitrogens is 3. The number of esters is 1. The van der Waals surface area contributed by atoms with Crippen LogP contribution in [0.4, 0.5) is 5.69 Å². The summed E-state index contributed by atoms with van der Waals surface area (Å²) in [6.45, 7) is 0. The van der Waals surface area contributed by atoms with Crippen molar-refractivity contribution in [2.75, 3.05) is 12.8 Å². The number of fused-ring (bicyclic) bond motifs is 1. The molecular formula is C8H8N4O2. The van der Waals surface area contributed by atoms with Crippen LogP contribution in [0.1, 0.15) is 10.5 Å². The van der Waals surface area contributed by atoms with Gasteiger partial charge in [0.05, 0.1) is 12.8 Å².